The molecule has 1 aliphatic heterocycles. The van der Waals surface area contributed by atoms with E-state index in [2.05, 4.69) is 4.98 Å². The molecule has 0 bridgehead atoms. The first-order chi connectivity index (χ1) is 8.43. The number of phenols is 2. The SMILES string of the molecule is CC1Oc2c1c(O)c1c(O)c(O)c(O)nc1c2O. The van der Waals surface area contributed by atoms with Gasteiger partial charge in [-0.3, -0.25) is 0 Å². The van der Waals surface area contributed by atoms with Crippen LogP contribution in [0.15, 0.2) is 0 Å². The van der Waals surface area contributed by atoms with Crippen molar-refractivity contribution in [3.05, 3.63) is 5.56 Å². The average molecular weight is 251 g/mol. The first-order valence-electron chi connectivity index (χ1n) is 5.12. The van der Waals surface area contributed by atoms with E-state index in [-0.39, 0.29) is 22.4 Å². The minimum absolute atomic E-state index is 0.0597. The molecule has 0 aliphatic carbocycles. The molecule has 5 N–H and O–H groups in total. The van der Waals surface area contributed by atoms with Gasteiger partial charge in [0.2, 0.25) is 5.75 Å². The molecule has 1 unspecified atom stereocenters. The van der Waals surface area contributed by atoms with E-state index in [0.717, 1.165) is 0 Å². The van der Waals surface area contributed by atoms with Gasteiger partial charge in [0.05, 0.1) is 10.9 Å². The number of ether oxygens (including phenoxy) is 1. The Kier molecular flexibility index (Phi) is 1.77. The van der Waals surface area contributed by atoms with E-state index < -0.39 is 29.2 Å². The van der Waals surface area contributed by atoms with Gasteiger partial charge in [-0.15, -0.1) is 0 Å². The molecule has 0 saturated carbocycles. The standard InChI is InChI=1S/C11H9NO6/c1-2-3-6(13)4-5(8(15)10(3)18-2)12-11(17)9(16)7(4)14/h2,13,15-16H,1H3,(H2,12,14,17). The van der Waals surface area contributed by atoms with E-state index in [4.69, 9.17) is 4.74 Å². The van der Waals surface area contributed by atoms with E-state index in [1.807, 2.05) is 0 Å². The van der Waals surface area contributed by atoms with Crippen molar-refractivity contribution in [2.75, 3.05) is 0 Å². The first kappa shape index (κ1) is 10.6. The zero-order valence-electron chi connectivity index (χ0n) is 9.17. The third-order valence-electron chi connectivity index (χ3n) is 3.00. The quantitative estimate of drug-likeness (QED) is 0.446. The maximum atomic E-state index is 10.00. The van der Waals surface area contributed by atoms with E-state index in [1.54, 1.807) is 6.92 Å². The molecule has 18 heavy (non-hydrogen) atoms. The number of hydrogen-bond acceptors (Lipinski definition) is 7. The largest absolute Gasteiger partial charge is 0.507 e. The van der Waals surface area contributed by atoms with E-state index >= 15 is 0 Å². The lowest BCUT2D eigenvalue weighted by Crippen LogP contribution is -2.16. The van der Waals surface area contributed by atoms with Gasteiger partial charge < -0.3 is 30.3 Å². The molecule has 0 amide bonds. The van der Waals surface area contributed by atoms with Crippen molar-refractivity contribution in [3.63, 3.8) is 0 Å². The van der Waals surface area contributed by atoms with Crippen LogP contribution in [0.4, 0.5) is 0 Å². The zero-order chi connectivity index (χ0) is 13.2. The Hall–Kier alpha value is -2.57. The molecule has 0 fully saturated rings. The summed E-state index contributed by atoms with van der Waals surface area (Å²) in [6.07, 6.45) is -0.439. The van der Waals surface area contributed by atoms with Crippen LogP contribution in [0.5, 0.6) is 34.6 Å². The molecule has 0 spiro atoms. The van der Waals surface area contributed by atoms with Crippen LogP contribution in [0.25, 0.3) is 10.9 Å². The Labute approximate surface area is 100 Å². The monoisotopic (exact) mass is 251 g/mol. The Morgan fingerprint density at radius 1 is 0.944 bits per heavy atom. The lowest BCUT2D eigenvalue weighted by molar-refractivity contribution is 0.152. The number of benzene rings is 1. The summed E-state index contributed by atoms with van der Waals surface area (Å²) in [6, 6.07) is 0. The minimum Gasteiger partial charge on any atom is -0.507 e. The minimum atomic E-state index is -0.856. The van der Waals surface area contributed by atoms with E-state index in [1.165, 1.54) is 0 Å². The Bertz CT molecular complexity index is 696. The number of aromatic hydroxyl groups is 5. The summed E-state index contributed by atoms with van der Waals surface area (Å²) in [5.74, 6) is -3.12. The van der Waals surface area contributed by atoms with Crippen molar-refractivity contribution in [1.29, 1.82) is 0 Å². The highest BCUT2D eigenvalue weighted by Gasteiger charge is 2.36. The van der Waals surface area contributed by atoms with Gasteiger partial charge in [0.15, 0.2) is 17.2 Å². The Balaban J connectivity index is 2.54. The molecule has 1 aromatic carbocycles. The molecule has 0 radical (unpaired) electrons. The van der Waals surface area contributed by atoms with Crippen molar-refractivity contribution in [3.8, 4) is 34.6 Å². The number of nitrogens with zero attached hydrogens (tertiary/aromatic N) is 1. The molecular weight excluding hydrogens is 242 g/mol. The van der Waals surface area contributed by atoms with Gasteiger partial charge in [-0.05, 0) is 6.92 Å². The molecule has 7 heteroatoms. The molecular formula is C11H9NO6. The van der Waals surface area contributed by atoms with Gasteiger partial charge >= 0.3 is 0 Å². The molecule has 94 valence electrons. The number of aromatic nitrogens is 1. The summed E-state index contributed by atoms with van der Waals surface area (Å²) in [4.78, 5) is 3.51. The molecule has 1 atom stereocenters. The molecule has 2 aromatic rings. The highest BCUT2D eigenvalue weighted by atomic mass is 16.5. The molecule has 0 saturated heterocycles. The predicted octanol–water partition coefficient (Wildman–Crippen LogP) is 1.22. The summed E-state index contributed by atoms with van der Waals surface area (Å²) in [7, 11) is 0. The van der Waals surface area contributed by atoms with Gasteiger partial charge in [0.25, 0.3) is 5.88 Å². The number of hydrogen-bond donors (Lipinski definition) is 5. The van der Waals surface area contributed by atoms with Crippen LogP contribution in [0.2, 0.25) is 0 Å². The third kappa shape index (κ3) is 1.01. The number of pyridine rings is 1. The van der Waals surface area contributed by atoms with Gasteiger partial charge in [0, 0.05) is 0 Å². The lowest BCUT2D eigenvalue weighted by atomic mass is 9.97. The van der Waals surface area contributed by atoms with Crippen molar-refractivity contribution in [1.82, 2.24) is 4.98 Å². The summed E-state index contributed by atoms with van der Waals surface area (Å²) < 4.78 is 5.14. The number of fused-ring (bicyclic) bond motifs is 2. The van der Waals surface area contributed by atoms with Gasteiger partial charge in [-0.25, -0.2) is 4.98 Å². The fourth-order valence-electron chi connectivity index (χ4n) is 2.10. The summed E-state index contributed by atoms with van der Waals surface area (Å²) >= 11 is 0. The van der Waals surface area contributed by atoms with Crippen molar-refractivity contribution in [2.24, 2.45) is 0 Å². The smallest absolute Gasteiger partial charge is 0.259 e. The molecule has 1 aliphatic rings. The second kappa shape index (κ2) is 3.00. The molecule has 1 aromatic heterocycles. The van der Waals surface area contributed by atoms with Crippen LogP contribution in [-0.2, 0) is 0 Å². The van der Waals surface area contributed by atoms with E-state index in [0.29, 0.717) is 5.56 Å². The van der Waals surface area contributed by atoms with Crippen LogP contribution in [0.3, 0.4) is 0 Å². The van der Waals surface area contributed by atoms with Crippen molar-refractivity contribution >= 4 is 10.9 Å². The highest BCUT2D eigenvalue weighted by molar-refractivity contribution is 6.00. The summed E-state index contributed by atoms with van der Waals surface area (Å²) in [6.45, 7) is 1.65. The van der Waals surface area contributed by atoms with Crippen molar-refractivity contribution in [2.45, 2.75) is 13.0 Å². The Morgan fingerprint density at radius 3 is 2.22 bits per heavy atom. The zero-order valence-corrected chi connectivity index (χ0v) is 9.17. The van der Waals surface area contributed by atoms with E-state index in [9.17, 15) is 25.5 Å². The first-order valence-corrected chi connectivity index (χ1v) is 5.12. The van der Waals surface area contributed by atoms with Gasteiger partial charge in [-0.2, -0.15) is 0 Å². The maximum absolute atomic E-state index is 10.00. The second-order valence-electron chi connectivity index (χ2n) is 4.06. The van der Waals surface area contributed by atoms with Crippen LogP contribution in [0.1, 0.15) is 18.6 Å². The van der Waals surface area contributed by atoms with Crippen LogP contribution < -0.4 is 4.74 Å². The second-order valence-corrected chi connectivity index (χ2v) is 4.06. The Morgan fingerprint density at radius 2 is 1.61 bits per heavy atom. The summed E-state index contributed by atoms with van der Waals surface area (Å²) in [5.41, 5.74) is 0.0770. The molecule has 3 rings (SSSR count). The average Bonchev–Trinajstić information content (AvgIpc) is 2.30. The van der Waals surface area contributed by atoms with Crippen LogP contribution in [-0.4, -0.2) is 30.5 Å². The van der Waals surface area contributed by atoms with Crippen LogP contribution in [0, 0.1) is 0 Å². The highest BCUT2D eigenvalue weighted by Crippen LogP contribution is 2.57. The normalized spacial score (nSPS) is 17.1. The lowest BCUT2D eigenvalue weighted by Gasteiger charge is -2.30. The fourth-order valence-corrected chi connectivity index (χ4v) is 2.10. The van der Waals surface area contributed by atoms with Crippen molar-refractivity contribution < 1.29 is 30.3 Å². The van der Waals surface area contributed by atoms with Gasteiger partial charge in [-0.1, -0.05) is 0 Å². The molecule has 2 heterocycles. The van der Waals surface area contributed by atoms with Gasteiger partial charge in [0.1, 0.15) is 17.4 Å². The van der Waals surface area contributed by atoms with Crippen LogP contribution >= 0.6 is 0 Å². The topological polar surface area (TPSA) is 123 Å². The maximum Gasteiger partial charge on any atom is 0.259 e. The number of rotatable bonds is 0. The summed E-state index contributed by atoms with van der Waals surface area (Å²) in [5, 5.41) is 48.0. The number of phenolic OH excluding ortho intramolecular Hbond substituents is 2. The third-order valence-corrected chi connectivity index (χ3v) is 3.00. The molecule has 7 nitrogen and oxygen atoms in total. The fraction of sp³-hybridized carbons (Fsp3) is 0.182. The predicted molar refractivity (Wildman–Crippen MR) is 59.1 cm³/mol.